The van der Waals surface area contributed by atoms with Gasteiger partial charge in [-0.3, -0.25) is 4.79 Å². The van der Waals surface area contributed by atoms with Gasteiger partial charge < -0.3 is 14.8 Å². The largest absolute Gasteiger partial charge is 0.479 e. The standard InChI is InChI=1S/C13H16N2O5S/c1-9-13(16)14-11-8-10(2-3-12(11)20-9)21(17,18)15-4-6-19-7-5-15/h2-3,8-9H,4-7H2,1H3,(H,14,16). The number of amides is 1. The number of carbonyl (C=O) groups is 1. The van der Waals surface area contributed by atoms with Crippen LogP contribution in [0.2, 0.25) is 0 Å². The quantitative estimate of drug-likeness (QED) is 0.856. The maximum absolute atomic E-state index is 12.5. The summed E-state index contributed by atoms with van der Waals surface area (Å²) in [4.78, 5) is 11.7. The van der Waals surface area contributed by atoms with Gasteiger partial charge in [0.2, 0.25) is 10.0 Å². The smallest absolute Gasteiger partial charge is 0.265 e. The molecule has 0 radical (unpaired) electrons. The van der Waals surface area contributed by atoms with Gasteiger partial charge in [0.25, 0.3) is 5.91 Å². The van der Waals surface area contributed by atoms with Crippen LogP contribution in [0.3, 0.4) is 0 Å². The maximum Gasteiger partial charge on any atom is 0.265 e. The molecule has 1 fully saturated rings. The van der Waals surface area contributed by atoms with Gasteiger partial charge in [-0.1, -0.05) is 0 Å². The summed E-state index contributed by atoms with van der Waals surface area (Å²) >= 11 is 0. The minimum Gasteiger partial charge on any atom is -0.479 e. The fourth-order valence-corrected chi connectivity index (χ4v) is 3.72. The molecule has 1 aromatic rings. The molecule has 21 heavy (non-hydrogen) atoms. The number of nitrogens with one attached hydrogen (secondary N) is 1. The number of carbonyl (C=O) groups excluding carboxylic acids is 1. The van der Waals surface area contributed by atoms with E-state index < -0.39 is 16.1 Å². The van der Waals surface area contributed by atoms with Crippen LogP contribution in [0.1, 0.15) is 6.92 Å². The lowest BCUT2D eigenvalue weighted by Gasteiger charge is -2.27. The van der Waals surface area contributed by atoms with Crippen LogP contribution in [0.5, 0.6) is 5.75 Å². The van der Waals surface area contributed by atoms with E-state index in [4.69, 9.17) is 9.47 Å². The van der Waals surface area contributed by atoms with Crippen molar-refractivity contribution in [1.29, 1.82) is 0 Å². The Morgan fingerprint density at radius 2 is 2.00 bits per heavy atom. The molecule has 1 atom stereocenters. The number of ether oxygens (including phenoxy) is 2. The Hall–Kier alpha value is -1.64. The maximum atomic E-state index is 12.5. The summed E-state index contributed by atoms with van der Waals surface area (Å²) in [5.41, 5.74) is 0.382. The second-order valence-electron chi connectivity index (χ2n) is 4.92. The number of hydrogen-bond donors (Lipinski definition) is 1. The number of nitrogens with zero attached hydrogens (tertiary/aromatic N) is 1. The molecule has 0 aliphatic carbocycles. The van der Waals surface area contributed by atoms with Gasteiger partial charge in [0.1, 0.15) is 5.75 Å². The molecule has 2 aliphatic heterocycles. The van der Waals surface area contributed by atoms with Gasteiger partial charge in [0.05, 0.1) is 23.8 Å². The highest BCUT2D eigenvalue weighted by atomic mass is 32.2. The molecule has 0 bridgehead atoms. The lowest BCUT2D eigenvalue weighted by Crippen LogP contribution is -2.40. The van der Waals surface area contributed by atoms with Crippen molar-refractivity contribution in [2.24, 2.45) is 0 Å². The zero-order valence-electron chi connectivity index (χ0n) is 11.5. The van der Waals surface area contributed by atoms with Gasteiger partial charge >= 0.3 is 0 Å². The molecular weight excluding hydrogens is 296 g/mol. The van der Waals surface area contributed by atoms with E-state index in [1.807, 2.05) is 0 Å². The number of benzene rings is 1. The molecule has 3 rings (SSSR count). The van der Waals surface area contributed by atoms with Crippen molar-refractivity contribution >= 4 is 21.6 Å². The number of anilines is 1. The zero-order valence-corrected chi connectivity index (χ0v) is 12.4. The van der Waals surface area contributed by atoms with E-state index in [1.165, 1.54) is 16.4 Å². The van der Waals surface area contributed by atoms with Crippen LogP contribution in [0.25, 0.3) is 0 Å². The van der Waals surface area contributed by atoms with E-state index in [1.54, 1.807) is 13.0 Å². The van der Waals surface area contributed by atoms with E-state index in [9.17, 15) is 13.2 Å². The van der Waals surface area contributed by atoms with Crippen LogP contribution >= 0.6 is 0 Å². The van der Waals surface area contributed by atoms with Crippen molar-refractivity contribution in [3.8, 4) is 5.75 Å². The monoisotopic (exact) mass is 312 g/mol. The van der Waals surface area contributed by atoms with Crippen LogP contribution in [0.15, 0.2) is 23.1 Å². The Balaban J connectivity index is 1.93. The average Bonchev–Trinajstić information content (AvgIpc) is 2.49. The Bertz CT molecular complexity index is 667. The van der Waals surface area contributed by atoms with Crippen molar-refractivity contribution in [2.45, 2.75) is 17.9 Å². The van der Waals surface area contributed by atoms with Gasteiger partial charge in [0, 0.05) is 13.1 Å². The van der Waals surface area contributed by atoms with Gasteiger partial charge in [-0.2, -0.15) is 4.31 Å². The summed E-state index contributed by atoms with van der Waals surface area (Å²) in [6, 6.07) is 4.50. The third-order valence-corrected chi connectivity index (χ3v) is 5.38. The number of morpholine rings is 1. The molecular formula is C13H16N2O5S. The summed E-state index contributed by atoms with van der Waals surface area (Å²) in [6.45, 7) is 3.08. The molecule has 2 heterocycles. The van der Waals surface area contributed by atoms with Crippen molar-refractivity contribution in [1.82, 2.24) is 4.31 Å². The van der Waals surface area contributed by atoms with Crippen LogP contribution in [0.4, 0.5) is 5.69 Å². The SMILES string of the molecule is CC1Oc2ccc(S(=O)(=O)N3CCOCC3)cc2NC1=O. The van der Waals surface area contributed by atoms with Gasteiger partial charge in [-0.25, -0.2) is 8.42 Å². The number of hydrogen-bond acceptors (Lipinski definition) is 5. The fourth-order valence-electron chi connectivity index (χ4n) is 2.28. The second kappa shape index (κ2) is 5.28. The van der Waals surface area contributed by atoms with Crippen molar-refractivity contribution in [2.75, 3.05) is 31.6 Å². The number of rotatable bonds is 2. The highest BCUT2D eigenvalue weighted by Gasteiger charge is 2.29. The lowest BCUT2D eigenvalue weighted by atomic mass is 10.2. The Labute approximate surface area is 122 Å². The third kappa shape index (κ3) is 2.61. The Morgan fingerprint density at radius 3 is 2.71 bits per heavy atom. The molecule has 2 aliphatic rings. The summed E-state index contributed by atoms with van der Waals surface area (Å²) in [5.74, 6) is 0.187. The molecule has 1 unspecified atom stereocenters. The van der Waals surface area contributed by atoms with E-state index >= 15 is 0 Å². The highest BCUT2D eigenvalue weighted by molar-refractivity contribution is 7.89. The Kier molecular flexibility index (Phi) is 3.60. The minimum atomic E-state index is -3.58. The first kappa shape index (κ1) is 14.3. The van der Waals surface area contributed by atoms with Crippen LogP contribution < -0.4 is 10.1 Å². The molecule has 1 aromatic carbocycles. The number of sulfonamides is 1. The summed E-state index contributed by atoms with van der Waals surface area (Å²) in [6.07, 6.45) is -0.584. The van der Waals surface area contributed by atoms with Crippen LogP contribution in [0, 0.1) is 0 Å². The normalized spacial score (nSPS) is 23.1. The third-order valence-electron chi connectivity index (χ3n) is 3.49. The van der Waals surface area contributed by atoms with Crippen molar-refractivity contribution in [3.05, 3.63) is 18.2 Å². The molecule has 1 saturated heterocycles. The molecule has 1 amide bonds. The fraction of sp³-hybridized carbons (Fsp3) is 0.462. The topological polar surface area (TPSA) is 84.9 Å². The predicted molar refractivity (Wildman–Crippen MR) is 74.7 cm³/mol. The van der Waals surface area contributed by atoms with Gasteiger partial charge in [-0.05, 0) is 25.1 Å². The molecule has 1 N–H and O–H groups in total. The van der Waals surface area contributed by atoms with E-state index in [0.29, 0.717) is 37.7 Å². The van der Waals surface area contributed by atoms with E-state index in [2.05, 4.69) is 5.32 Å². The minimum absolute atomic E-state index is 0.140. The first-order chi connectivity index (χ1) is 9.98. The second-order valence-corrected chi connectivity index (χ2v) is 6.86. The zero-order chi connectivity index (χ0) is 15.0. The molecule has 0 aromatic heterocycles. The summed E-state index contributed by atoms with van der Waals surface area (Å²) in [5, 5.41) is 2.65. The highest BCUT2D eigenvalue weighted by Crippen LogP contribution is 2.32. The Morgan fingerprint density at radius 1 is 1.29 bits per heavy atom. The molecule has 7 nitrogen and oxygen atoms in total. The average molecular weight is 312 g/mol. The van der Waals surface area contributed by atoms with Gasteiger partial charge in [0.15, 0.2) is 6.10 Å². The summed E-state index contributed by atoms with van der Waals surface area (Å²) < 4.78 is 37.0. The predicted octanol–water partition coefficient (Wildman–Crippen LogP) is 0.427. The molecule has 0 saturated carbocycles. The van der Waals surface area contributed by atoms with Crippen LogP contribution in [-0.4, -0.2) is 51.0 Å². The lowest BCUT2D eigenvalue weighted by molar-refractivity contribution is -0.122. The molecule has 0 spiro atoms. The first-order valence-electron chi connectivity index (χ1n) is 6.68. The van der Waals surface area contributed by atoms with Gasteiger partial charge in [-0.15, -0.1) is 0 Å². The molecule has 8 heteroatoms. The van der Waals surface area contributed by atoms with Crippen molar-refractivity contribution < 1.29 is 22.7 Å². The van der Waals surface area contributed by atoms with E-state index in [-0.39, 0.29) is 10.8 Å². The number of fused-ring (bicyclic) bond motifs is 1. The molecule has 114 valence electrons. The first-order valence-corrected chi connectivity index (χ1v) is 8.12. The summed E-state index contributed by atoms with van der Waals surface area (Å²) in [7, 11) is -3.58. The van der Waals surface area contributed by atoms with Crippen LogP contribution in [-0.2, 0) is 19.6 Å². The van der Waals surface area contributed by atoms with Crippen molar-refractivity contribution in [3.63, 3.8) is 0 Å². The van der Waals surface area contributed by atoms with E-state index in [0.717, 1.165) is 0 Å².